The number of rotatable bonds is 1. The number of aromatic hydroxyl groups is 2. The number of hydrogen-bond donors (Lipinski definition) is 4. The third-order valence-corrected chi connectivity index (χ3v) is 5.95. The fraction of sp³-hybridized carbons (Fsp3) is 0.375. The molecule has 0 saturated heterocycles. The van der Waals surface area contributed by atoms with Gasteiger partial charge in [0.2, 0.25) is 11.8 Å². The molecule has 2 aliphatic rings. The molecule has 1 fully saturated rings. The van der Waals surface area contributed by atoms with E-state index in [0.29, 0.717) is 29.7 Å². The molecule has 0 unspecified atom stereocenters. The summed E-state index contributed by atoms with van der Waals surface area (Å²) in [4.78, 5) is 0. The summed E-state index contributed by atoms with van der Waals surface area (Å²) in [5.41, 5.74) is 2.57. The van der Waals surface area contributed by atoms with E-state index in [4.69, 9.17) is 0 Å². The molecular weight excluding hydrogens is 350 g/mol. The van der Waals surface area contributed by atoms with E-state index in [1.54, 1.807) is 6.07 Å². The molecule has 6 heteroatoms. The highest BCUT2D eigenvalue weighted by Gasteiger charge is 2.60. The van der Waals surface area contributed by atoms with Crippen LogP contribution in [0, 0.1) is 6.92 Å². The molecular formula is C16H16BrNO4. The SMILES string of the molecule is Cc1cc(-n2c(O)c3c(c2O)[C@@H]2CC[C@H]3C2(O)O)ccc1Br. The van der Waals surface area contributed by atoms with Crippen LogP contribution in [0.3, 0.4) is 0 Å². The molecule has 1 saturated carbocycles. The maximum Gasteiger partial charge on any atom is 0.202 e. The Kier molecular flexibility index (Phi) is 2.74. The summed E-state index contributed by atoms with van der Waals surface area (Å²) in [6, 6.07) is 5.50. The summed E-state index contributed by atoms with van der Waals surface area (Å²) in [5.74, 6) is -3.16. The van der Waals surface area contributed by atoms with Crippen molar-refractivity contribution in [1.82, 2.24) is 4.57 Å². The summed E-state index contributed by atoms with van der Waals surface area (Å²) >= 11 is 3.43. The van der Waals surface area contributed by atoms with Crippen LogP contribution in [0.25, 0.3) is 5.69 Å². The van der Waals surface area contributed by atoms with E-state index in [0.717, 1.165) is 10.0 Å². The zero-order valence-electron chi connectivity index (χ0n) is 11.9. The highest BCUT2D eigenvalue weighted by atomic mass is 79.9. The van der Waals surface area contributed by atoms with Gasteiger partial charge in [0, 0.05) is 27.4 Å². The highest BCUT2D eigenvalue weighted by molar-refractivity contribution is 9.10. The van der Waals surface area contributed by atoms with Crippen molar-refractivity contribution in [1.29, 1.82) is 0 Å². The lowest BCUT2D eigenvalue weighted by Crippen LogP contribution is -2.31. The number of nitrogens with zero attached hydrogens (tertiary/aromatic N) is 1. The van der Waals surface area contributed by atoms with E-state index in [1.165, 1.54) is 4.57 Å². The van der Waals surface area contributed by atoms with Gasteiger partial charge < -0.3 is 20.4 Å². The van der Waals surface area contributed by atoms with Crippen LogP contribution in [0.5, 0.6) is 11.8 Å². The van der Waals surface area contributed by atoms with Crippen molar-refractivity contribution in [3.8, 4) is 17.4 Å². The fourth-order valence-electron chi connectivity index (χ4n) is 4.00. The molecule has 2 aliphatic carbocycles. The molecule has 1 heterocycles. The molecule has 2 aromatic rings. The summed E-state index contributed by atoms with van der Waals surface area (Å²) in [6.45, 7) is 1.93. The van der Waals surface area contributed by atoms with Crippen molar-refractivity contribution in [3.63, 3.8) is 0 Å². The Hall–Kier alpha value is -1.50. The van der Waals surface area contributed by atoms with Gasteiger partial charge in [-0.05, 0) is 43.5 Å². The Bertz CT molecular complexity index is 758. The van der Waals surface area contributed by atoms with Crippen LogP contribution in [0.15, 0.2) is 22.7 Å². The fourth-order valence-corrected chi connectivity index (χ4v) is 4.24. The van der Waals surface area contributed by atoms with Crippen molar-refractivity contribution >= 4 is 15.9 Å². The molecule has 4 N–H and O–H groups in total. The van der Waals surface area contributed by atoms with Gasteiger partial charge in [0.25, 0.3) is 0 Å². The lowest BCUT2D eigenvalue weighted by molar-refractivity contribution is -0.170. The first kappa shape index (κ1) is 14.1. The van der Waals surface area contributed by atoms with Gasteiger partial charge in [-0.1, -0.05) is 15.9 Å². The van der Waals surface area contributed by atoms with Gasteiger partial charge in [-0.25, -0.2) is 0 Å². The van der Waals surface area contributed by atoms with Crippen molar-refractivity contribution in [2.45, 2.75) is 37.4 Å². The van der Waals surface area contributed by atoms with Crippen molar-refractivity contribution < 1.29 is 20.4 Å². The predicted octanol–water partition coefficient (Wildman–Crippen LogP) is 2.61. The van der Waals surface area contributed by atoms with E-state index in [1.807, 2.05) is 19.1 Å². The number of halogens is 1. The van der Waals surface area contributed by atoms with Crippen LogP contribution < -0.4 is 0 Å². The molecule has 116 valence electrons. The number of benzene rings is 1. The van der Waals surface area contributed by atoms with Crippen LogP contribution >= 0.6 is 15.9 Å². The number of aliphatic hydroxyl groups is 2. The lowest BCUT2D eigenvalue weighted by atomic mass is 9.95. The summed E-state index contributed by atoms with van der Waals surface area (Å²) in [7, 11) is 0. The van der Waals surface area contributed by atoms with Crippen LogP contribution in [0.4, 0.5) is 0 Å². The van der Waals surface area contributed by atoms with Crippen LogP contribution in [0.2, 0.25) is 0 Å². The normalized spacial score (nSPS) is 24.7. The van der Waals surface area contributed by atoms with Gasteiger partial charge >= 0.3 is 0 Å². The lowest BCUT2D eigenvalue weighted by Gasteiger charge is -2.22. The van der Waals surface area contributed by atoms with E-state index < -0.39 is 17.6 Å². The zero-order valence-corrected chi connectivity index (χ0v) is 13.5. The largest absolute Gasteiger partial charge is 0.494 e. The van der Waals surface area contributed by atoms with Crippen molar-refractivity contribution in [2.24, 2.45) is 0 Å². The van der Waals surface area contributed by atoms with Crippen molar-refractivity contribution in [2.75, 3.05) is 0 Å². The second-order valence-corrected chi connectivity index (χ2v) is 7.06. The topological polar surface area (TPSA) is 85.9 Å². The average Bonchev–Trinajstić information content (AvgIpc) is 2.98. The third kappa shape index (κ3) is 1.55. The van der Waals surface area contributed by atoms with E-state index in [2.05, 4.69) is 15.9 Å². The number of aromatic nitrogens is 1. The standard InChI is InChI=1S/C16H16BrNO4/c1-7-6-8(2-5-11(7)17)18-14(19)12-9-3-4-10(16(9,21)22)13(12)15(18)20/h2,5-6,9-10,19-22H,3-4H2,1H3/t9-,10+. The van der Waals surface area contributed by atoms with Gasteiger partial charge in [-0.3, -0.25) is 4.57 Å². The molecule has 0 amide bonds. The summed E-state index contributed by atoms with van der Waals surface area (Å²) in [5, 5.41) is 41.6. The Labute approximate surface area is 135 Å². The number of fused-ring (bicyclic) bond motifs is 5. The van der Waals surface area contributed by atoms with Gasteiger partial charge in [-0.2, -0.15) is 0 Å². The Balaban J connectivity index is 1.94. The maximum atomic E-state index is 10.6. The van der Waals surface area contributed by atoms with Gasteiger partial charge in [0.05, 0.1) is 5.69 Å². The Morgan fingerprint density at radius 2 is 1.64 bits per heavy atom. The zero-order chi connectivity index (χ0) is 15.8. The first-order valence-electron chi connectivity index (χ1n) is 7.21. The molecule has 0 radical (unpaired) electrons. The van der Waals surface area contributed by atoms with Crippen LogP contribution in [-0.4, -0.2) is 30.8 Å². The molecule has 2 bridgehead atoms. The minimum absolute atomic E-state index is 0.103. The second-order valence-electron chi connectivity index (χ2n) is 6.21. The number of aryl methyl sites for hydroxylation is 1. The van der Waals surface area contributed by atoms with Gasteiger partial charge in [0.15, 0.2) is 5.79 Å². The van der Waals surface area contributed by atoms with E-state index in [9.17, 15) is 20.4 Å². The minimum atomic E-state index is -1.87. The predicted molar refractivity (Wildman–Crippen MR) is 83.4 cm³/mol. The van der Waals surface area contributed by atoms with Gasteiger partial charge in [0.1, 0.15) is 0 Å². The molecule has 0 spiro atoms. The molecule has 22 heavy (non-hydrogen) atoms. The van der Waals surface area contributed by atoms with Crippen LogP contribution in [-0.2, 0) is 0 Å². The van der Waals surface area contributed by atoms with Crippen molar-refractivity contribution in [3.05, 3.63) is 39.4 Å². The smallest absolute Gasteiger partial charge is 0.202 e. The first-order chi connectivity index (χ1) is 10.3. The monoisotopic (exact) mass is 365 g/mol. The molecule has 4 rings (SSSR count). The Morgan fingerprint density at radius 3 is 2.14 bits per heavy atom. The second kappa shape index (κ2) is 4.28. The Morgan fingerprint density at radius 1 is 1.09 bits per heavy atom. The van der Waals surface area contributed by atoms with Crippen LogP contribution in [0.1, 0.15) is 41.4 Å². The average molecular weight is 366 g/mol. The minimum Gasteiger partial charge on any atom is -0.494 e. The summed E-state index contributed by atoms with van der Waals surface area (Å²) in [6.07, 6.45) is 1.20. The first-order valence-corrected chi connectivity index (χ1v) is 8.01. The highest BCUT2D eigenvalue weighted by Crippen LogP contribution is 2.64. The van der Waals surface area contributed by atoms with E-state index in [-0.39, 0.29) is 11.8 Å². The molecule has 1 aromatic heterocycles. The quantitative estimate of drug-likeness (QED) is 0.585. The molecule has 5 nitrogen and oxygen atoms in total. The molecule has 0 aliphatic heterocycles. The van der Waals surface area contributed by atoms with Gasteiger partial charge in [-0.15, -0.1) is 0 Å². The third-order valence-electron chi connectivity index (χ3n) is 5.06. The molecule has 1 aromatic carbocycles. The molecule has 2 atom stereocenters. The van der Waals surface area contributed by atoms with E-state index >= 15 is 0 Å². The number of hydrogen-bond acceptors (Lipinski definition) is 4. The summed E-state index contributed by atoms with van der Waals surface area (Å²) < 4.78 is 2.32. The maximum absolute atomic E-state index is 10.6.